The summed E-state index contributed by atoms with van der Waals surface area (Å²) in [5.74, 6) is 1.38. The van der Waals surface area contributed by atoms with E-state index in [1.165, 1.54) is 6.07 Å². The van der Waals surface area contributed by atoms with Gasteiger partial charge in [-0.25, -0.2) is 0 Å². The van der Waals surface area contributed by atoms with Crippen molar-refractivity contribution in [2.45, 2.75) is 25.2 Å². The van der Waals surface area contributed by atoms with E-state index < -0.39 is 6.10 Å². The first-order chi connectivity index (χ1) is 17.1. The summed E-state index contributed by atoms with van der Waals surface area (Å²) in [4.78, 5) is 10.6. The topological polar surface area (TPSA) is 109 Å². The van der Waals surface area contributed by atoms with E-state index in [-0.39, 0.29) is 17.5 Å². The van der Waals surface area contributed by atoms with E-state index in [0.29, 0.717) is 50.6 Å². The number of aliphatic hydroxyl groups excluding tert-OH is 1. The molecule has 0 aliphatic carbocycles. The van der Waals surface area contributed by atoms with Gasteiger partial charge in [-0.3, -0.25) is 4.79 Å². The molecule has 0 saturated carbocycles. The molecule has 0 aromatic heterocycles. The van der Waals surface area contributed by atoms with Crippen molar-refractivity contribution in [3.05, 3.63) is 83.4 Å². The number of ether oxygens (including phenoxy) is 3. The number of anilines is 1. The van der Waals surface area contributed by atoms with Gasteiger partial charge in [0.15, 0.2) is 17.6 Å². The third-order valence-corrected chi connectivity index (χ3v) is 5.69. The highest BCUT2D eigenvalue weighted by atomic mass is 16.6. The van der Waals surface area contributed by atoms with Crippen molar-refractivity contribution in [3.8, 4) is 17.2 Å². The van der Waals surface area contributed by atoms with Crippen LogP contribution in [-0.2, 0) is 22.6 Å². The Kier molecular flexibility index (Phi) is 8.56. The molecule has 3 aromatic rings. The highest BCUT2D eigenvalue weighted by Crippen LogP contribution is 2.33. The van der Waals surface area contributed by atoms with Crippen LogP contribution in [-0.4, -0.2) is 49.0 Å². The maximum absolute atomic E-state index is 10.6. The van der Waals surface area contributed by atoms with Crippen LogP contribution in [0.5, 0.6) is 17.2 Å². The number of phenols is 1. The predicted octanol–water partition coefficient (Wildman–Crippen LogP) is 3.18. The SMILES string of the molecule is O=CNc1cc([C@@H](O)CNCCc2ccc3c(c2)O[C@H](COCc2ccccc2)CO3)ccc1O. The van der Waals surface area contributed by atoms with Gasteiger partial charge in [-0.15, -0.1) is 0 Å². The molecule has 1 aliphatic heterocycles. The molecule has 4 rings (SSSR count). The summed E-state index contributed by atoms with van der Waals surface area (Å²) in [6.45, 7) is 2.40. The van der Waals surface area contributed by atoms with Crippen LogP contribution < -0.4 is 20.1 Å². The van der Waals surface area contributed by atoms with Crippen molar-refractivity contribution in [3.63, 3.8) is 0 Å². The standard InChI is InChI=1S/C27H30N2O6/c30-18-29-23-13-21(7-8-24(23)31)25(32)14-28-11-10-19-6-9-26-27(12-19)35-22(17-34-26)16-33-15-20-4-2-1-3-5-20/h1-9,12-13,18,22,25,28,31-32H,10-11,14-17H2,(H,29,30)/t22-,25+/m1/s1. The van der Waals surface area contributed by atoms with Gasteiger partial charge in [-0.1, -0.05) is 42.5 Å². The second kappa shape index (κ2) is 12.2. The fraction of sp³-hybridized carbons (Fsp3) is 0.296. The van der Waals surface area contributed by atoms with Gasteiger partial charge < -0.3 is 35.1 Å². The molecular weight excluding hydrogens is 448 g/mol. The normalized spacial score (nSPS) is 15.4. The number of rotatable bonds is 12. The lowest BCUT2D eigenvalue weighted by atomic mass is 10.1. The monoisotopic (exact) mass is 478 g/mol. The van der Waals surface area contributed by atoms with Gasteiger partial charge in [0.05, 0.1) is 25.0 Å². The van der Waals surface area contributed by atoms with E-state index in [4.69, 9.17) is 14.2 Å². The Balaban J connectivity index is 1.22. The molecule has 1 aliphatic rings. The lowest BCUT2D eigenvalue weighted by Crippen LogP contribution is -2.33. The molecule has 35 heavy (non-hydrogen) atoms. The molecule has 8 heteroatoms. The van der Waals surface area contributed by atoms with E-state index in [2.05, 4.69) is 10.6 Å². The lowest BCUT2D eigenvalue weighted by molar-refractivity contribution is -0.105. The number of nitrogens with one attached hydrogen (secondary N) is 2. The molecule has 0 bridgehead atoms. The summed E-state index contributed by atoms with van der Waals surface area (Å²) in [5.41, 5.74) is 3.06. The van der Waals surface area contributed by atoms with Crippen LogP contribution in [0.2, 0.25) is 0 Å². The second-order valence-electron chi connectivity index (χ2n) is 8.34. The number of benzene rings is 3. The molecule has 0 radical (unpaired) electrons. The van der Waals surface area contributed by atoms with E-state index in [0.717, 1.165) is 23.3 Å². The summed E-state index contributed by atoms with van der Waals surface area (Å²) >= 11 is 0. The molecule has 0 fully saturated rings. The minimum Gasteiger partial charge on any atom is -0.506 e. The molecule has 8 nitrogen and oxygen atoms in total. The number of fused-ring (bicyclic) bond motifs is 1. The third-order valence-electron chi connectivity index (χ3n) is 5.69. The van der Waals surface area contributed by atoms with E-state index >= 15 is 0 Å². The number of amides is 1. The van der Waals surface area contributed by atoms with Crippen LogP contribution in [0.4, 0.5) is 5.69 Å². The lowest BCUT2D eigenvalue weighted by Gasteiger charge is -2.27. The highest BCUT2D eigenvalue weighted by Gasteiger charge is 2.21. The van der Waals surface area contributed by atoms with Gasteiger partial charge in [-0.2, -0.15) is 0 Å². The molecular formula is C27H30N2O6. The summed E-state index contributed by atoms with van der Waals surface area (Å²) in [5, 5.41) is 25.8. The fourth-order valence-electron chi connectivity index (χ4n) is 3.81. The third kappa shape index (κ3) is 6.95. The number of hydrogen-bond donors (Lipinski definition) is 4. The highest BCUT2D eigenvalue weighted by molar-refractivity contribution is 5.75. The molecule has 1 amide bonds. The number of phenolic OH excluding ortho intramolecular Hbond substituents is 1. The second-order valence-corrected chi connectivity index (χ2v) is 8.34. The zero-order chi connectivity index (χ0) is 24.5. The predicted molar refractivity (Wildman–Crippen MR) is 132 cm³/mol. The Morgan fingerprint density at radius 2 is 1.91 bits per heavy atom. The maximum atomic E-state index is 10.6. The van der Waals surface area contributed by atoms with Crippen molar-refractivity contribution in [1.29, 1.82) is 0 Å². The maximum Gasteiger partial charge on any atom is 0.211 e. The molecule has 0 saturated heterocycles. The summed E-state index contributed by atoms with van der Waals surface area (Å²) in [7, 11) is 0. The Labute approximate surface area is 204 Å². The van der Waals surface area contributed by atoms with Gasteiger partial charge in [0.2, 0.25) is 6.41 Å². The zero-order valence-electron chi connectivity index (χ0n) is 19.4. The Morgan fingerprint density at radius 1 is 1.06 bits per heavy atom. The quantitative estimate of drug-likeness (QED) is 0.180. The Hall–Kier alpha value is -3.59. The molecule has 3 aromatic carbocycles. The van der Waals surface area contributed by atoms with E-state index in [1.54, 1.807) is 12.1 Å². The molecule has 0 unspecified atom stereocenters. The van der Waals surface area contributed by atoms with Crippen molar-refractivity contribution in [1.82, 2.24) is 5.32 Å². The van der Waals surface area contributed by atoms with Gasteiger partial charge in [0, 0.05) is 6.54 Å². The summed E-state index contributed by atoms with van der Waals surface area (Å²) in [6.07, 6.45) is 0.279. The smallest absolute Gasteiger partial charge is 0.211 e. The Bertz CT molecular complexity index is 1110. The molecule has 184 valence electrons. The van der Waals surface area contributed by atoms with Crippen LogP contribution in [0.1, 0.15) is 22.8 Å². The molecule has 1 heterocycles. The molecule has 4 N–H and O–H groups in total. The van der Waals surface area contributed by atoms with Crippen LogP contribution in [0, 0.1) is 0 Å². The van der Waals surface area contributed by atoms with Crippen LogP contribution in [0.15, 0.2) is 66.7 Å². The molecule has 0 spiro atoms. The van der Waals surface area contributed by atoms with Crippen molar-refractivity contribution < 1.29 is 29.2 Å². The largest absolute Gasteiger partial charge is 0.506 e. The van der Waals surface area contributed by atoms with Crippen molar-refractivity contribution >= 4 is 12.1 Å². The zero-order valence-corrected chi connectivity index (χ0v) is 19.4. The first-order valence-electron chi connectivity index (χ1n) is 11.6. The average Bonchev–Trinajstić information content (AvgIpc) is 2.88. The first kappa shape index (κ1) is 24.5. The van der Waals surface area contributed by atoms with Crippen molar-refractivity contribution in [2.24, 2.45) is 0 Å². The van der Waals surface area contributed by atoms with Crippen LogP contribution in [0.3, 0.4) is 0 Å². The first-order valence-corrected chi connectivity index (χ1v) is 11.6. The van der Waals surface area contributed by atoms with E-state index in [1.807, 2.05) is 48.5 Å². The Morgan fingerprint density at radius 3 is 2.74 bits per heavy atom. The fourth-order valence-corrected chi connectivity index (χ4v) is 3.81. The van der Waals surface area contributed by atoms with Gasteiger partial charge in [-0.05, 0) is 53.9 Å². The van der Waals surface area contributed by atoms with Gasteiger partial charge in [0.25, 0.3) is 0 Å². The minimum atomic E-state index is -0.778. The summed E-state index contributed by atoms with van der Waals surface area (Å²) in [6, 6.07) is 20.5. The average molecular weight is 479 g/mol. The number of hydrogen-bond acceptors (Lipinski definition) is 7. The summed E-state index contributed by atoms with van der Waals surface area (Å²) < 4.78 is 17.7. The van der Waals surface area contributed by atoms with Crippen molar-refractivity contribution in [2.75, 3.05) is 31.6 Å². The van der Waals surface area contributed by atoms with Gasteiger partial charge >= 0.3 is 0 Å². The van der Waals surface area contributed by atoms with Crippen LogP contribution >= 0.6 is 0 Å². The number of carbonyl (C=O) groups is 1. The van der Waals surface area contributed by atoms with Crippen LogP contribution in [0.25, 0.3) is 0 Å². The molecule has 2 atom stereocenters. The van der Waals surface area contributed by atoms with Gasteiger partial charge in [0.1, 0.15) is 12.4 Å². The minimum absolute atomic E-state index is 0.0513. The van der Waals surface area contributed by atoms with E-state index in [9.17, 15) is 15.0 Å². The number of aliphatic hydroxyl groups is 1. The number of aromatic hydroxyl groups is 1. The number of carbonyl (C=O) groups excluding carboxylic acids is 1.